The van der Waals surface area contributed by atoms with Crippen LogP contribution >= 0.6 is 0 Å². The largest absolute Gasteiger partial charge is 0.352 e. The number of hydrogen-bond acceptors (Lipinski definition) is 3. The summed E-state index contributed by atoms with van der Waals surface area (Å²) in [4.78, 5) is 16.1. The van der Waals surface area contributed by atoms with E-state index < -0.39 is 17.5 Å². The van der Waals surface area contributed by atoms with Crippen molar-refractivity contribution < 1.29 is 18.0 Å². The van der Waals surface area contributed by atoms with E-state index in [1.165, 1.54) is 18.5 Å². The van der Waals surface area contributed by atoms with Gasteiger partial charge >= 0.3 is 0 Å². The normalized spacial score (nSPS) is 14.6. The monoisotopic (exact) mass is 335 g/mol. The van der Waals surface area contributed by atoms with Crippen molar-refractivity contribution in [1.82, 2.24) is 10.3 Å². The molecule has 1 fully saturated rings. The zero-order valence-corrected chi connectivity index (χ0v) is 12.8. The number of anilines is 2. The van der Waals surface area contributed by atoms with Gasteiger partial charge in [0.2, 0.25) is 0 Å². The highest BCUT2D eigenvalue weighted by atomic mass is 19.2. The van der Waals surface area contributed by atoms with E-state index in [4.69, 9.17) is 0 Å². The van der Waals surface area contributed by atoms with Crippen molar-refractivity contribution in [3.63, 3.8) is 0 Å². The number of halogens is 3. The van der Waals surface area contributed by atoms with Crippen LogP contribution in [0.4, 0.5) is 24.5 Å². The predicted octanol–water partition coefficient (Wildman–Crippen LogP) is 3.91. The standard InChI is InChI=1S/C17H16F3N3O/c18-13-5-6-14(16(20)15(13)19)22-12-7-10(8-21-9-12)17(24)23-11-3-1-2-4-11/h5-9,11,22H,1-4H2,(H,23,24). The van der Waals surface area contributed by atoms with Crippen molar-refractivity contribution >= 4 is 17.3 Å². The smallest absolute Gasteiger partial charge is 0.253 e. The third-order valence-electron chi connectivity index (χ3n) is 4.01. The lowest BCUT2D eigenvalue weighted by molar-refractivity contribution is 0.0937. The van der Waals surface area contributed by atoms with Crippen LogP contribution in [-0.4, -0.2) is 16.9 Å². The minimum Gasteiger partial charge on any atom is -0.352 e. The number of rotatable bonds is 4. The minimum atomic E-state index is -1.55. The molecule has 2 N–H and O–H groups in total. The summed E-state index contributed by atoms with van der Waals surface area (Å²) in [6.07, 6.45) is 6.87. The van der Waals surface area contributed by atoms with Crippen molar-refractivity contribution in [3.8, 4) is 0 Å². The van der Waals surface area contributed by atoms with Gasteiger partial charge in [-0.1, -0.05) is 12.8 Å². The van der Waals surface area contributed by atoms with Crippen LogP contribution in [0.2, 0.25) is 0 Å². The zero-order chi connectivity index (χ0) is 17.1. The number of carbonyl (C=O) groups is 1. The predicted molar refractivity (Wildman–Crippen MR) is 83.6 cm³/mol. The number of nitrogens with one attached hydrogen (secondary N) is 2. The Morgan fingerprint density at radius 3 is 2.58 bits per heavy atom. The van der Waals surface area contributed by atoms with Crippen molar-refractivity contribution in [3.05, 3.63) is 53.6 Å². The molecule has 24 heavy (non-hydrogen) atoms. The van der Waals surface area contributed by atoms with E-state index in [2.05, 4.69) is 15.6 Å². The molecule has 1 saturated carbocycles. The lowest BCUT2D eigenvalue weighted by Crippen LogP contribution is -2.32. The fourth-order valence-corrected chi connectivity index (χ4v) is 2.75. The quantitative estimate of drug-likeness (QED) is 0.833. The van der Waals surface area contributed by atoms with Crippen LogP contribution in [0.25, 0.3) is 0 Å². The molecule has 1 aliphatic carbocycles. The summed E-state index contributed by atoms with van der Waals surface area (Å²) in [7, 11) is 0. The van der Waals surface area contributed by atoms with Gasteiger partial charge in [0.1, 0.15) is 0 Å². The molecule has 1 amide bonds. The third-order valence-corrected chi connectivity index (χ3v) is 4.01. The first-order chi connectivity index (χ1) is 11.5. The summed E-state index contributed by atoms with van der Waals surface area (Å²) in [6.45, 7) is 0. The number of pyridine rings is 1. The topological polar surface area (TPSA) is 54.0 Å². The van der Waals surface area contributed by atoms with Crippen LogP contribution < -0.4 is 10.6 Å². The summed E-state index contributed by atoms with van der Waals surface area (Å²) in [5, 5.41) is 5.53. The molecule has 2 aromatic rings. The SMILES string of the molecule is O=C(NC1CCCC1)c1cncc(Nc2ccc(F)c(F)c2F)c1. The molecule has 1 aromatic carbocycles. The molecule has 0 atom stereocenters. The maximum atomic E-state index is 13.7. The number of carbonyl (C=O) groups excluding carboxylic acids is 1. The number of aromatic nitrogens is 1. The van der Waals surface area contributed by atoms with Crippen LogP contribution in [0.1, 0.15) is 36.0 Å². The second-order valence-corrected chi connectivity index (χ2v) is 5.77. The van der Waals surface area contributed by atoms with E-state index in [-0.39, 0.29) is 17.6 Å². The van der Waals surface area contributed by atoms with Crippen molar-refractivity contribution in [2.45, 2.75) is 31.7 Å². The lowest BCUT2D eigenvalue weighted by Gasteiger charge is -2.13. The second-order valence-electron chi connectivity index (χ2n) is 5.77. The number of nitrogens with zero attached hydrogens (tertiary/aromatic N) is 1. The highest BCUT2D eigenvalue weighted by Crippen LogP contribution is 2.24. The Morgan fingerprint density at radius 2 is 1.83 bits per heavy atom. The molecule has 4 nitrogen and oxygen atoms in total. The number of benzene rings is 1. The van der Waals surface area contributed by atoms with Crippen molar-refractivity contribution in [2.24, 2.45) is 0 Å². The van der Waals surface area contributed by atoms with Gasteiger partial charge in [-0.05, 0) is 31.0 Å². The Morgan fingerprint density at radius 1 is 1.08 bits per heavy atom. The molecule has 0 aliphatic heterocycles. The van der Waals surface area contributed by atoms with Crippen LogP contribution in [0, 0.1) is 17.5 Å². The van der Waals surface area contributed by atoms with Gasteiger partial charge < -0.3 is 10.6 Å². The third kappa shape index (κ3) is 3.50. The van der Waals surface area contributed by atoms with Gasteiger partial charge in [0.25, 0.3) is 5.91 Å². The Kier molecular flexibility index (Phi) is 4.69. The average molecular weight is 335 g/mol. The zero-order valence-electron chi connectivity index (χ0n) is 12.8. The molecule has 0 unspecified atom stereocenters. The molecule has 0 spiro atoms. The van der Waals surface area contributed by atoms with Gasteiger partial charge in [-0.25, -0.2) is 13.2 Å². The van der Waals surface area contributed by atoms with Gasteiger partial charge in [0.15, 0.2) is 17.5 Å². The molecular formula is C17H16F3N3O. The molecule has 1 aliphatic rings. The molecule has 7 heteroatoms. The molecule has 0 radical (unpaired) electrons. The molecule has 126 valence electrons. The molecule has 3 rings (SSSR count). The van der Waals surface area contributed by atoms with Gasteiger partial charge in [-0.2, -0.15) is 0 Å². The summed E-state index contributed by atoms with van der Waals surface area (Å²) >= 11 is 0. The Balaban J connectivity index is 1.75. The highest BCUT2D eigenvalue weighted by Gasteiger charge is 2.19. The summed E-state index contributed by atoms with van der Waals surface area (Å²) in [6, 6.07) is 3.56. The van der Waals surface area contributed by atoms with Gasteiger partial charge in [0.05, 0.1) is 23.1 Å². The number of amides is 1. The maximum Gasteiger partial charge on any atom is 0.253 e. The lowest BCUT2D eigenvalue weighted by atomic mass is 10.2. The van der Waals surface area contributed by atoms with E-state index in [0.717, 1.165) is 37.8 Å². The van der Waals surface area contributed by atoms with E-state index in [1.807, 2.05) is 0 Å². The second kappa shape index (κ2) is 6.90. The number of hydrogen-bond donors (Lipinski definition) is 2. The Labute approximate surface area is 137 Å². The van der Waals surface area contributed by atoms with Gasteiger partial charge in [0, 0.05) is 12.2 Å². The van der Waals surface area contributed by atoms with Crippen LogP contribution in [0.15, 0.2) is 30.6 Å². The van der Waals surface area contributed by atoms with Crippen LogP contribution in [0.5, 0.6) is 0 Å². The van der Waals surface area contributed by atoms with E-state index in [0.29, 0.717) is 11.3 Å². The minimum absolute atomic E-state index is 0.165. The first-order valence-electron chi connectivity index (χ1n) is 7.71. The summed E-state index contributed by atoms with van der Waals surface area (Å²) in [5.41, 5.74) is 0.387. The van der Waals surface area contributed by atoms with Crippen LogP contribution in [0.3, 0.4) is 0 Å². The Bertz CT molecular complexity index is 761. The van der Waals surface area contributed by atoms with Gasteiger partial charge in [-0.15, -0.1) is 0 Å². The van der Waals surface area contributed by atoms with E-state index in [9.17, 15) is 18.0 Å². The van der Waals surface area contributed by atoms with E-state index in [1.54, 1.807) is 0 Å². The molecule has 1 aromatic heterocycles. The van der Waals surface area contributed by atoms with Crippen molar-refractivity contribution in [2.75, 3.05) is 5.32 Å². The summed E-state index contributed by atoms with van der Waals surface area (Å²) in [5.74, 6) is -4.40. The van der Waals surface area contributed by atoms with Gasteiger partial charge in [-0.3, -0.25) is 9.78 Å². The first kappa shape index (κ1) is 16.3. The van der Waals surface area contributed by atoms with Crippen LogP contribution in [-0.2, 0) is 0 Å². The summed E-state index contributed by atoms with van der Waals surface area (Å²) < 4.78 is 39.9. The first-order valence-corrected chi connectivity index (χ1v) is 7.71. The maximum absolute atomic E-state index is 13.7. The van der Waals surface area contributed by atoms with Crippen molar-refractivity contribution in [1.29, 1.82) is 0 Å². The molecule has 1 heterocycles. The molecule has 0 bridgehead atoms. The molecule has 0 saturated heterocycles. The Hall–Kier alpha value is -2.57. The highest BCUT2D eigenvalue weighted by molar-refractivity contribution is 5.95. The molecular weight excluding hydrogens is 319 g/mol. The fraction of sp³-hybridized carbons (Fsp3) is 0.294. The average Bonchev–Trinajstić information content (AvgIpc) is 3.09. The van der Waals surface area contributed by atoms with E-state index >= 15 is 0 Å². The fourth-order valence-electron chi connectivity index (χ4n) is 2.75.